The second-order valence-electron chi connectivity index (χ2n) is 2.15. The van der Waals surface area contributed by atoms with Crippen molar-refractivity contribution in [1.82, 2.24) is 4.98 Å². The lowest BCUT2D eigenvalue weighted by Crippen LogP contribution is -1.98. The molecule has 0 spiro atoms. The van der Waals surface area contributed by atoms with Crippen molar-refractivity contribution in [3.05, 3.63) is 17.6 Å². The lowest BCUT2D eigenvalue weighted by atomic mass is 10.3. The van der Waals surface area contributed by atoms with Gasteiger partial charge in [-0.25, -0.2) is 9.37 Å². The van der Waals surface area contributed by atoms with Crippen LogP contribution in [0.2, 0.25) is 0 Å². The fourth-order valence-electron chi connectivity index (χ4n) is 0.716. The number of rotatable bonds is 1. The molecule has 0 aromatic carbocycles. The Bertz CT molecular complexity index is 275. The number of ether oxygens (including phenoxy) is 1. The number of halogens is 1. The molecule has 0 unspecified atom stereocenters. The van der Waals surface area contributed by atoms with E-state index in [9.17, 15) is 4.39 Å². The summed E-state index contributed by atoms with van der Waals surface area (Å²) in [7, 11) is 1.36. The van der Waals surface area contributed by atoms with Gasteiger partial charge in [0.1, 0.15) is 0 Å². The zero-order valence-corrected chi connectivity index (χ0v) is 6.39. The topological polar surface area (TPSA) is 48.1 Å². The third-order valence-electron chi connectivity index (χ3n) is 1.37. The summed E-state index contributed by atoms with van der Waals surface area (Å²) in [6.07, 6.45) is 0. The van der Waals surface area contributed by atoms with Crippen LogP contribution in [0.4, 0.5) is 10.1 Å². The van der Waals surface area contributed by atoms with Gasteiger partial charge in [0.2, 0.25) is 5.88 Å². The van der Waals surface area contributed by atoms with Crippen molar-refractivity contribution in [2.75, 3.05) is 12.8 Å². The Balaban J connectivity index is 3.21. The van der Waals surface area contributed by atoms with E-state index in [0.29, 0.717) is 11.4 Å². The number of nitrogens with zero attached hydrogens (tertiary/aromatic N) is 1. The van der Waals surface area contributed by atoms with Crippen molar-refractivity contribution in [2.45, 2.75) is 6.92 Å². The molecule has 0 bridgehead atoms. The average Bonchev–Trinajstić information content (AvgIpc) is 1.97. The number of nitrogens with two attached hydrogens (primary N) is 1. The standard InChI is InChI=1S/C7H9FN2O/c1-4-6(9)3-5(8)7(10-4)11-2/h3H,9H2,1-2H3. The predicted octanol–water partition coefficient (Wildman–Crippen LogP) is 1.12. The van der Waals surface area contributed by atoms with Gasteiger partial charge < -0.3 is 10.5 Å². The van der Waals surface area contributed by atoms with Gasteiger partial charge in [0.15, 0.2) is 5.82 Å². The largest absolute Gasteiger partial charge is 0.479 e. The first-order chi connectivity index (χ1) is 5.15. The van der Waals surface area contributed by atoms with Crippen LogP contribution in [-0.2, 0) is 0 Å². The van der Waals surface area contributed by atoms with Gasteiger partial charge in [-0.3, -0.25) is 0 Å². The molecule has 1 heterocycles. The first kappa shape index (κ1) is 7.78. The molecular formula is C7H9FN2O. The minimum atomic E-state index is -0.532. The minimum absolute atomic E-state index is 0.0169. The molecule has 0 radical (unpaired) electrons. The molecule has 0 aliphatic heterocycles. The Hall–Kier alpha value is -1.32. The SMILES string of the molecule is COc1nc(C)c(N)cc1F. The fraction of sp³-hybridized carbons (Fsp3) is 0.286. The third-order valence-corrected chi connectivity index (χ3v) is 1.37. The summed E-state index contributed by atoms with van der Waals surface area (Å²) in [6, 6.07) is 1.20. The lowest BCUT2D eigenvalue weighted by Gasteiger charge is -2.03. The monoisotopic (exact) mass is 156 g/mol. The highest BCUT2D eigenvalue weighted by Crippen LogP contribution is 2.18. The lowest BCUT2D eigenvalue weighted by molar-refractivity contribution is 0.368. The molecule has 4 heteroatoms. The molecule has 0 atom stereocenters. The Morgan fingerprint density at radius 3 is 2.82 bits per heavy atom. The third kappa shape index (κ3) is 1.39. The van der Waals surface area contributed by atoms with E-state index in [2.05, 4.69) is 9.72 Å². The molecule has 0 fully saturated rings. The first-order valence-corrected chi connectivity index (χ1v) is 3.11. The van der Waals surface area contributed by atoms with Crippen molar-refractivity contribution >= 4 is 5.69 Å². The van der Waals surface area contributed by atoms with Gasteiger partial charge in [0.05, 0.1) is 18.5 Å². The fourth-order valence-corrected chi connectivity index (χ4v) is 0.716. The van der Waals surface area contributed by atoms with Crippen LogP contribution in [0.3, 0.4) is 0 Å². The van der Waals surface area contributed by atoms with Gasteiger partial charge in [-0.1, -0.05) is 0 Å². The maximum absolute atomic E-state index is 12.8. The molecule has 1 aromatic rings. The number of anilines is 1. The number of methoxy groups -OCH3 is 1. The molecular weight excluding hydrogens is 147 g/mol. The summed E-state index contributed by atoms with van der Waals surface area (Å²) < 4.78 is 17.4. The Labute approximate surface area is 64.0 Å². The smallest absolute Gasteiger partial charge is 0.250 e. The Kier molecular flexibility index (Phi) is 1.94. The maximum atomic E-state index is 12.8. The van der Waals surface area contributed by atoms with E-state index in [0.717, 1.165) is 0 Å². The van der Waals surface area contributed by atoms with Gasteiger partial charge in [0, 0.05) is 6.07 Å². The van der Waals surface area contributed by atoms with Crippen LogP contribution in [0.5, 0.6) is 5.88 Å². The summed E-state index contributed by atoms with van der Waals surface area (Å²) in [5.41, 5.74) is 6.30. The van der Waals surface area contributed by atoms with E-state index in [1.54, 1.807) is 6.92 Å². The highest BCUT2D eigenvalue weighted by molar-refractivity contribution is 5.44. The van der Waals surface area contributed by atoms with E-state index in [1.165, 1.54) is 13.2 Å². The van der Waals surface area contributed by atoms with Crippen molar-refractivity contribution in [3.8, 4) is 5.88 Å². The van der Waals surface area contributed by atoms with E-state index in [-0.39, 0.29) is 5.88 Å². The van der Waals surface area contributed by atoms with E-state index in [4.69, 9.17) is 5.73 Å². The Morgan fingerprint density at radius 1 is 1.64 bits per heavy atom. The summed E-state index contributed by atoms with van der Waals surface area (Å²) >= 11 is 0. The van der Waals surface area contributed by atoms with Crippen LogP contribution < -0.4 is 10.5 Å². The summed E-state index contributed by atoms with van der Waals surface area (Å²) in [6.45, 7) is 1.69. The second kappa shape index (κ2) is 2.74. The van der Waals surface area contributed by atoms with E-state index in [1.807, 2.05) is 0 Å². The molecule has 0 saturated heterocycles. The van der Waals surface area contributed by atoms with Crippen LogP contribution in [0, 0.1) is 12.7 Å². The highest BCUT2D eigenvalue weighted by atomic mass is 19.1. The molecule has 2 N–H and O–H groups in total. The zero-order valence-electron chi connectivity index (χ0n) is 6.39. The van der Waals surface area contributed by atoms with Gasteiger partial charge in [-0.2, -0.15) is 0 Å². The minimum Gasteiger partial charge on any atom is -0.479 e. The highest BCUT2D eigenvalue weighted by Gasteiger charge is 2.05. The maximum Gasteiger partial charge on any atom is 0.250 e. The molecule has 1 rings (SSSR count). The Morgan fingerprint density at radius 2 is 2.27 bits per heavy atom. The van der Waals surface area contributed by atoms with Crippen molar-refractivity contribution in [1.29, 1.82) is 0 Å². The molecule has 3 nitrogen and oxygen atoms in total. The van der Waals surface area contributed by atoms with Crippen LogP contribution in [-0.4, -0.2) is 12.1 Å². The molecule has 1 aromatic heterocycles. The van der Waals surface area contributed by atoms with Crippen LogP contribution >= 0.6 is 0 Å². The van der Waals surface area contributed by atoms with E-state index >= 15 is 0 Å². The number of pyridine rings is 1. The van der Waals surface area contributed by atoms with Crippen molar-refractivity contribution in [2.24, 2.45) is 0 Å². The molecule has 0 aliphatic rings. The summed E-state index contributed by atoms with van der Waals surface area (Å²) in [5.74, 6) is -0.549. The first-order valence-electron chi connectivity index (χ1n) is 3.11. The molecule has 0 aliphatic carbocycles. The molecule has 11 heavy (non-hydrogen) atoms. The van der Waals surface area contributed by atoms with Crippen LogP contribution in [0.1, 0.15) is 5.69 Å². The summed E-state index contributed by atoms with van der Waals surface area (Å²) in [4.78, 5) is 3.77. The second-order valence-corrected chi connectivity index (χ2v) is 2.15. The van der Waals surface area contributed by atoms with Gasteiger partial charge >= 0.3 is 0 Å². The summed E-state index contributed by atoms with van der Waals surface area (Å²) in [5, 5.41) is 0. The van der Waals surface area contributed by atoms with Crippen molar-refractivity contribution in [3.63, 3.8) is 0 Å². The zero-order chi connectivity index (χ0) is 8.43. The number of aromatic nitrogens is 1. The van der Waals surface area contributed by atoms with Gasteiger partial charge in [0.25, 0.3) is 0 Å². The number of aryl methyl sites for hydroxylation is 1. The number of hydrogen-bond donors (Lipinski definition) is 1. The molecule has 0 saturated carbocycles. The quantitative estimate of drug-likeness (QED) is 0.662. The normalized spacial score (nSPS) is 9.73. The van der Waals surface area contributed by atoms with Crippen LogP contribution in [0.25, 0.3) is 0 Å². The molecule has 0 amide bonds. The number of hydrogen-bond acceptors (Lipinski definition) is 3. The van der Waals surface area contributed by atoms with Crippen LogP contribution in [0.15, 0.2) is 6.07 Å². The van der Waals surface area contributed by atoms with Gasteiger partial charge in [-0.05, 0) is 6.92 Å². The average molecular weight is 156 g/mol. The van der Waals surface area contributed by atoms with Gasteiger partial charge in [-0.15, -0.1) is 0 Å². The molecule has 60 valence electrons. The predicted molar refractivity (Wildman–Crippen MR) is 39.9 cm³/mol. The number of nitrogen functional groups attached to an aromatic ring is 1. The van der Waals surface area contributed by atoms with Crippen molar-refractivity contribution < 1.29 is 9.13 Å². The van der Waals surface area contributed by atoms with E-state index < -0.39 is 5.82 Å².